The molecule has 0 bridgehead atoms. The highest BCUT2D eigenvalue weighted by Gasteiger charge is 2.37. The van der Waals surface area contributed by atoms with Crippen LogP contribution in [0.15, 0.2) is 24.3 Å². The summed E-state index contributed by atoms with van der Waals surface area (Å²) in [6.07, 6.45) is -1.18. The van der Waals surface area contributed by atoms with Gasteiger partial charge < -0.3 is 14.7 Å². The molecule has 0 aromatic heterocycles. The zero-order valence-corrected chi connectivity index (χ0v) is 13.6. The summed E-state index contributed by atoms with van der Waals surface area (Å²) in [4.78, 5) is 26.0. The van der Waals surface area contributed by atoms with Crippen LogP contribution < -0.4 is 0 Å². The number of hydrogen-bond acceptors (Lipinski definition) is 4. The number of ether oxygens (including phenoxy) is 1. The van der Waals surface area contributed by atoms with Gasteiger partial charge in [-0.1, -0.05) is 12.1 Å². The zero-order valence-electron chi connectivity index (χ0n) is 13.6. The van der Waals surface area contributed by atoms with E-state index in [2.05, 4.69) is 0 Å². The molecule has 6 heteroatoms. The van der Waals surface area contributed by atoms with Crippen LogP contribution in [-0.2, 0) is 4.74 Å². The molecule has 2 rings (SSSR count). The summed E-state index contributed by atoms with van der Waals surface area (Å²) in [6.45, 7) is 5.59. The first-order valence-electron chi connectivity index (χ1n) is 7.64. The first kappa shape index (κ1) is 17.4. The van der Waals surface area contributed by atoms with Crippen LogP contribution in [0.3, 0.4) is 0 Å². The SMILES string of the molecule is CC(C)(C)OC(=O)N1CCC(O)C(C(=O)c2ccccc2F)C1. The van der Waals surface area contributed by atoms with Crippen LogP contribution in [-0.4, -0.2) is 46.7 Å². The Hall–Kier alpha value is -1.95. The van der Waals surface area contributed by atoms with Crippen LogP contribution in [0.5, 0.6) is 0 Å². The second kappa shape index (κ2) is 6.66. The molecule has 0 aliphatic carbocycles. The molecule has 1 aromatic rings. The number of carbonyl (C=O) groups excluding carboxylic acids is 2. The molecule has 23 heavy (non-hydrogen) atoms. The number of aliphatic hydroxyl groups excluding tert-OH is 1. The quantitative estimate of drug-likeness (QED) is 0.850. The molecule has 1 aliphatic rings. The van der Waals surface area contributed by atoms with Gasteiger partial charge in [0.05, 0.1) is 17.6 Å². The Bertz CT molecular complexity index is 597. The van der Waals surface area contributed by atoms with E-state index in [1.165, 1.54) is 23.1 Å². The van der Waals surface area contributed by atoms with Crippen molar-refractivity contribution in [1.82, 2.24) is 4.90 Å². The van der Waals surface area contributed by atoms with E-state index in [1.54, 1.807) is 26.8 Å². The maximum atomic E-state index is 13.8. The van der Waals surface area contributed by atoms with E-state index >= 15 is 0 Å². The normalized spacial score (nSPS) is 21.9. The number of hydrogen-bond donors (Lipinski definition) is 1. The molecule has 1 heterocycles. The maximum Gasteiger partial charge on any atom is 0.410 e. The summed E-state index contributed by atoms with van der Waals surface area (Å²) in [5.74, 6) is -1.98. The lowest BCUT2D eigenvalue weighted by atomic mass is 9.87. The van der Waals surface area contributed by atoms with Crippen molar-refractivity contribution in [1.29, 1.82) is 0 Å². The third-order valence-corrected chi connectivity index (χ3v) is 3.70. The number of benzene rings is 1. The van der Waals surface area contributed by atoms with Gasteiger partial charge >= 0.3 is 6.09 Å². The topological polar surface area (TPSA) is 66.8 Å². The van der Waals surface area contributed by atoms with Crippen molar-refractivity contribution in [3.8, 4) is 0 Å². The van der Waals surface area contributed by atoms with Crippen molar-refractivity contribution in [2.75, 3.05) is 13.1 Å². The van der Waals surface area contributed by atoms with Crippen LogP contribution in [0, 0.1) is 11.7 Å². The van der Waals surface area contributed by atoms with E-state index in [4.69, 9.17) is 4.74 Å². The van der Waals surface area contributed by atoms with Crippen LogP contribution in [0.2, 0.25) is 0 Å². The number of Topliss-reactive ketones (excluding diaryl/α,β-unsaturated/α-hetero) is 1. The van der Waals surface area contributed by atoms with Crippen LogP contribution >= 0.6 is 0 Å². The van der Waals surface area contributed by atoms with Gasteiger partial charge in [-0.3, -0.25) is 4.79 Å². The van der Waals surface area contributed by atoms with Crippen molar-refractivity contribution >= 4 is 11.9 Å². The molecule has 1 N–H and O–H groups in total. The van der Waals surface area contributed by atoms with Crippen LogP contribution in [0.25, 0.3) is 0 Å². The standard InChI is InChI=1S/C17H22FNO4/c1-17(2,3)23-16(22)19-9-8-14(20)12(10-19)15(21)11-6-4-5-7-13(11)18/h4-7,12,14,20H,8-10H2,1-3H3. The lowest BCUT2D eigenvalue weighted by molar-refractivity contribution is -0.00454. The number of rotatable bonds is 2. The molecule has 1 saturated heterocycles. The van der Waals surface area contributed by atoms with Gasteiger partial charge in [0, 0.05) is 13.1 Å². The molecule has 126 valence electrons. The highest BCUT2D eigenvalue weighted by molar-refractivity contribution is 5.98. The minimum absolute atomic E-state index is 0.0171. The van der Waals surface area contributed by atoms with Gasteiger partial charge in [0.25, 0.3) is 0 Å². The summed E-state index contributed by atoms with van der Waals surface area (Å²) in [5.41, 5.74) is -0.708. The minimum Gasteiger partial charge on any atom is -0.444 e. The van der Waals surface area contributed by atoms with E-state index in [9.17, 15) is 19.1 Å². The number of halogens is 1. The van der Waals surface area contributed by atoms with E-state index in [1.807, 2.05) is 0 Å². The molecule has 0 radical (unpaired) electrons. The van der Waals surface area contributed by atoms with Gasteiger partial charge in [-0.15, -0.1) is 0 Å². The Morgan fingerprint density at radius 1 is 1.30 bits per heavy atom. The number of ketones is 1. The Morgan fingerprint density at radius 3 is 2.57 bits per heavy atom. The summed E-state index contributed by atoms with van der Waals surface area (Å²) in [6, 6.07) is 5.65. The van der Waals surface area contributed by atoms with Gasteiger partial charge in [-0.2, -0.15) is 0 Å². The maximum absolute atomic E-state index is 13.8. The van der Waals surface area contributed by atoms with Gasteiger partial charge in [0.15, 0.2) is 5.78 Å². The largest absolute Gasteiger partial charge is 0.444 e. The average Bonchev–Trinajstić information content (AvgIpc) is 2.45. The van der Waals surface area contributed by atoms with E-state index < -0.39 is 35.3 Å². The second-order valence-electron chi connectivity index (χ2n) is 6.73. The Kier molecular flexibility index (Phi) is 5.04. The van der Waals surface area contributed by atoms with E-state index in [0.717, 1.165) is 0 Å². The second-order valence-corrected chi connectivity index (χ2v) is 6.73. The highest BCUT2D eigenvalue weighted by atomic mass is 19.1. The number of amides is 1. The summed E-state index contributed by atoms with van der Waals surface area (Å²) in [5, 5.41) is 10.1. The smallest absolute Gasteiger partial charge is 0.410 e. The molecule has 2 unspecified atom stereocenters. The fourth-order valence-corrected chi connectivity index (χ4v) is 2.55. The first-order chi connectivity index (χ1) is 10.7. The van der Waals surface area contributed by atoms with Crippen molar-refractivity contribution in [2.24, 2.45) is 5.92 Å². The fourth-order valence-electron chi connectivity index (χ4n) is 2.55. The number of likely N-dealkylation sites (tertiary alicyclic amines) is 1. The number of aliphatic hydroxyl groups is 1. The van der Waals surface area contributed by atoms with Crippen molar-refractivity contribution < 1.29 is 23.8 Å². The van der Waals surface area contributed by atoms with E-state index in [-0.39, 0.29) is 18.5 Å². The van der Waals surface area contributed by atoms with Gasteiger partial charge in [-0.05, 0) is 39.3 Å². The van der Waals surface area contributed by atoms with Crippen molar-refractivity contribution in [3.05, 3.63) is 35.6 Å². The summed E-state index contributed by atoms with van der Waals surface area (Å²) >= 11 is 0. The van der Waals surface area contributed by atoms with Crippen molar-refractivity contribution in [3.63, 3.8) is 0 Å². The monoisotopic (exact) mass is 323 g/mol. The lowest BCUT2D eigenvalue weighted by Gasteiger charge is -2.36. The van der Waals surface area contributed by atoms with Gasteiger partial charge in [-0.25, -0.2) is 9.18 Å². The predicted octanol–water partition coefficient (Wildman–Crippen LogP) is 2.63. The summed E-state index contributed by atoms with van der Waals surface area (Å²) < 4.78 is 19.1. The molecule has 1 fully saturated rings. The molecular formula is C17H22FNO4. The number of nitrogens with zero attached hydrogens (tertiary/aromatic N) is 1. The molecule has 1 amide bonds. The number of piperidine rings is 1. The molecule has 5 nitrogen and oxygen atoms in total. The Morgan fingerprint density at radius 2 is 1.96 bits per heavy atom. The van der Waals surface area contributed by atoms with Crippen molar-refractivity contribution in [2.45, 2.75) is 38.9 Å². The van der Waals surface area contributed by atoms with Gasteiger partial charge in [0.2, 0.25) is 0 Å². The fraction of sp³-hybridized carbons (Fsp3) is 0.529. The molecule has 0 spiro atoms. The Balaban J connectivity index is 2.14. The van der Waals surface area contributed by atoms with E-state index in [0.29, 0.717) is 6.54 Å². The average molecular weight is 323 g/mol. The lowest BCUT2D eigenvalue weighted by Crippen LogP contribution is -2.50. The Labute approximate surface area is 135 Å². The first-order valence-corrected chi connectivity index (χ1v) is 7.64. The number of carbonyl (C=O) groups is 2. The predicted molar refractivity (Wildman–Crippen MR) is 82.7 cm³/mol. The highest BCUT2D eigenvalue weighted by Crippen LogP contribution is 2.24. The molecule has 2 atom stereocenters. The molecular weight excluding hydrogens is 301 g/mol. The van der Waals surface area contributed by atoms with Gasteiger partial charge in [0.1, 0.15) is 11.4 Å². The van der Waals surface area contributed by atoms with Crippen LogP contribution in [0.4, 0.5) is 9.18 Å². The minimum atomic E-state index is -0.902. The summed E-state index contributed by atoms with van der Waals surface area (Å²) in [7, 11) is 0. The van der Waals surface area contributed by atoms with Crippen LogP contribution in [0.1, 0.15) is 37.6 Å². The zero-order chi connectivity index (χ0) is 17.2. The third-order valence-electron chi connectivity index (χ3n) is 3.70. The molecule has 1 aliphatic heterocycles. The molecule has 0 saturated carbocycles. The third kappa shape index (κ3) is 4.28. The molecule has 1 aromatic carbocycles.